The van der Waals surface area contributed by atoms with E-state index in [2.05, 4.69) is 4.74 Å². The standard InChI is InChI=1S/C5H11O3.Li/c1-3-8-5(4-6)7-2;/h5H,3-4H2,1-2H3;/q-1;+1. The van der Waals surface area contributed by atoms with Gasteiger partial charge in [-0.1, -0.05) is 6.61 Å². The predicted molar refractivity (Wildman–Crippen MR) is 27.3 cm³/mol. The number of hydrogen-bond acceptors (Lipinski definition) is 3. The fourth-order valence-corrected chi connectivity index (χ4v) is 0.370. The molecule has 0 aromatic rings. The largest absolute Gasteiger partial charge is 1.00 e. The molecule has 0 bridgehead atoms. The van der Waals surface area contributed by atoms with Crippen molar-refractivity contribution in [3.63, 3.8) is 0 Å². The minimum atomic E-state index is -0.556. The summed E-state index contributed by atoms with van der Waals surface area (Å²) in [6, 6.07) is 0. The van der Waals surface area contributed by atoms with E-state index in [4.69, 9.17) is 4.74 Å². The molecule has 0 saturated heterocycles. The van der Waals surface area contributed by atoms with E-state index in [0.29, 0.717) is 6.61 Å². The van der Waals surface area contributed by atoms with E-state index >= 15 is 0 Å². The Morgan fingerprint density at radius 2 is 2.11 bits per heavy atom. The first-order valence-electron chi connectivity index (χ1n) is 2.57. The molecule has 1 atom stereocenters. The minimum absolute atomic E-state index is 0. The van der Waals surface area contributed by atoms with Crippen LogP contribution in [0.4, 0.5) is 0 Å². The van der Waals surface area contributed by atoms with Crippen molar-refractivity contribution in [2.45, 2.75) is 13.2 Å². The van der Waals surface area contributed by atoms with E-state index in [1.54, 1.807) is 0 Å². The molecule has 1 unspecified atom stereocenters. The molecule has 0 heterocycles. The van der Waals surface area contributed by atoms with Crippen molar-refractivity contribution < 1.29 is 33.4 Å². The SMILES string of the molecule is CCOC(C[O-])OC.[Li+]. The van der Waals surface area contributed by atoms with Crippen LogP contribution in [0.1, 0.15) is 6.92 Å². The zero-order valence-electron chi connectivity index (χ0n) is 6.22. The molecule has 0 aromatic carbocycles. The van der Waals surface area contributed by atoms with Crippen LogP contribution in [0, 0.1) is 0 Å². The van der Waals surface area contributed by atoms with Gasteiger partial charge in [0.15, 0.2) is 0 Å². The van der Waals surface area contributed by atoms with Crippen LogP contribution in [0.2, 0.25) is 0 Å². The fraction of sp³-hybridized carbons (Fsp3) is 1.00. The van der Waals surface area contributed by atoms with Gasteiger partial charge in [0, 0.05) is 13.7 Å². The van der Waals surface area contributed by atoms with Gasteiger partial charge in [0.25, 0.3) is 0 Å². The molecule has 0 aliphatic carbocycles. The van der Waals surface area contributed by atoms with Crippen LogP contribution in [0.25, 0.3) is 0 Å². The van der Waals surface area contributed by atoms with Gasteiger partial charge >= 0.3 is 18.9 Å². The monoisotopic (exact) mass is 126 g/mol. The summed E-state index contributed by atoms with van der Waals surface area (Å²) in [6.45, 7) is 2.02. The first-order valence-corrected chi connectivity index (χ1v) is 2.57. The van der Waals surface area contributed by atoms with Gasteiger partial charge in [-0.05, 0) is 6.92 Å². The van der Waals surface area contributed by atoms with Gasteiger partial charge in [0.1, 0.15) is 6.29 Å². The van der Waals surface area contributed by atoms with Crippen molar-refractivity contribution in [2.75, 3.05) is 20.3 Å². The Kier molecular flexibility index (Phi) is 11.5. The molecule has 0 rings (SSSR count). The molecule has 0 aliphatic heterocycles. The van der Waals surface area contributed by atoms with E-state index in [0.717, 1.165) is 0 Å². The number of rotatable bonds is 4. The molecule has 0 saturated carbocycles. The first-order chi connectivity index (χ1) is 3.85. The number of ether oxygens (including phenoxy) is 2. The van der Waals surface area contributed by atoms with Crippen molar-refractivity contribution >= 4 is 0 Å². The van der Waals surface area contributed by atoms with Crippen LogP contribution in [-0.2, 0) is 9.47 Å². The topological polar surface area (TPSA) is 41.5 Å². The van der Waals surface area contributed by atoms with E-state index in [9.17, 15) is 5.11 Å². The molecule has 0 aromatic heterocycles. The van der Waals surface area contributed by atoms with Crippen molar-refractivity contribution in [3.8, 4) is 0 Å². The van der Waals surface area contributed by atoms with Crippen molar-refractivity contribution in [1.29, 1.82) is 0 Å². The van der Waals surface area contributed by atoms with Gasteiger partial charge < -0.3 is 14.6 Å². The van der Waals surface area contributed by atoms with Crippen LogP contribution < -0.4 is 24.0 Å². The minimum Gasteiger partial charge on any atom is -0.851 e. The Morgan fingerprint density at radius 3 is 2.22 bits per heavy atom. The molecule has 50 valence electrons. The number of hydrogen-bond donors (Lipinski definition) is 0. The van der Waals surface area contributed by atoms with E-state index in [-0.39, 0.29) is 25.5 Å². The van der Waals surface area contributed by atoms with Crippen LogP contribution in [0.3, 0.4) is 0 Å². The molecule has 0 amide bonds. The van der Waals surface area contributed by atoms with Crippen molar-refractivity contribution in [1.82, 2.24) is 0 Å². The van der Waals surface area contributed by atoms with Crippen LogP contribution in [0.15, 0.2) is 0 Å². The quantitative estimate of drug-likeness (QED) is 0.288. The van der Waals surface area contributed by atoms with Gasteiger partial charge in [-0.3, -0.25) is 0 Å². The third-order valence-corrected chi connectivity index (χ3v) is 0.752. The second kappa shape index (κ2) is 8.48. The Hall–Kier alpha value is 0.477. The molecule has 9 heavy (non-hydrogen) atoms. The maximum atomic E-state index is 10.0. The molecule has 0 radical (unpaired) electrons. The third-order valence-electron chi connectivity index (χ3n) is 0.752. The first kappa shape index (κ1) is 12.2. The zero-order chi connectivity index (χ0) is 6.41. The normalized spacial score (nSPS) is 12.3. The van der Waals surface area contributed by atoms with Gasteiger partial charge in [0.05, 0.1) is 0 Å². The molecule has 4 heteroatoms. The molecule has 3 nitrogen and oxygen atoms in total. The molecule has 0 aliphatic rings. The Morgan fingerprint density at radius 1 is 1.56 bits per heavy atom. The molecule has 0 spiro atoms. The van der Waals surface area contributed by atoms with Crippen LogP contribution in [0.5, 0.6) is 0 Å². The van der Waals surface area contributed by atoms with Crippen molar-refractivity contribution in [2.24, 2.45) is 0 Å². The summed E-state index contributed by atoms with van der Waals surface area (Å²) in [4.78, 5) is 0. The zero-order valence-corrected chi connectivity index (χ0v) is 6.22. The second-order valence-electron chi connectivity index (χ2n) is 1.29. The summed E-state index contributed by atoms with van der Waals surface area (Å²) in [5, 5.41) is 10.0. The van der Waals surface area contributed by atoms with E-state index < -0.39 is 6.29 Å². The number of methoxy groups -OCH3 is 1. The second-order valence-corrected chi connectivity index (χ2v) is 1.29. The summed E-state index contributed by atoms with van der Waals surface area (Å²) >= 11 is 0. The summed E-state index contributed by atoms with van der Waals surface area (Å²) in [6.07, 6.45) is -0.556. The maximum Gasteiger partial charge on any atom is 1.00 e. The summed E-state index contributed by atoms with van der Waals surface area (Å²) in [7, 11) is 1.46. The molecular formula is C5H11LiO3. The molecule has 0 fully saturated rings. The Labute approximate surface area is 67.5 Å². The molecular weight excluding hydrogens is 115 g/mol. The van der Waals surface area contributed by atoms with Gasteiger partial charge in [-0.25, -0.2) is 0 Å². The summed E-state index contributed by atoms with van der Waals surface area (Å²) in [5.41, 5.74) is 0. The third kappa shape index (κ3) is 6.36. The average molecular weight is 126 g/mol. The Bertz CT molecular complexity index is 47.5. The Balaban J connectivity index is 0. The summed E-state index contributed by atoms with van der Waals surface area (Å²) < 4.78 is 9.41. The van der Waals surface area contributed by atoms with E-state index in [1.165, 1.54) is 7.11 Å². The molecule has 0 N–H and O–H groups in total. The summed E-state index contributed by atoms with van der Waals surface area (Å²) in [5.74, 6) is 0. The predicted octanol–water partition coefficient (Wildman–Crippen LogP) is -3.64. The van der Waals surface area contributed by atoms with Crippen molar-refractivity contribution in [3.05, 3.63) is 0 Å². The van der Waals surface area contributed by atoms with E-state index in [1.807, 2.05) is 6.92 Å². The van der Waals surface area contributed by atoms with Gasteiger partial charge in [-0.2, -0.15) is 0 Å². The average Bonchev–Trinajstić information content (AvgIpc) is 1.83. The smallest absolute Gasteiger partial charge is 0.851 e. The fourth-order valence-electron chi connectivity index (χ4n) is 0.370. The van der Waals surface area contributed by atoms with Gasteiger partial charge in [0.2, 0.25) is 0 Å². The van der Waals surface area contributed by atoms with Crippen LogP contribution in [-0.4, -0.2) is 26.6 Å². The maximum absolute atomic E-state index is 10.0. The van der Waals surface area contributed by atoms with Crippen LogP contribution >= 0.6 is 0 Å². The van der Waals surface area contributed by atoms with Gasteiger partial charge in [-0.15, -0.1) is 0 Å².